The van der Waals surface area contributed by atoms with E-state index in [2.05, 4.69) is 20.9 Å². The van der Waals surface area contributed by atoms with Crippen molar-refractivity contribution < 1.29 is 13.2 Å². The van der Waals surface area contributed by atoms with Crippen LogP contribution in [0.25, 0.3) is 22.6 Å². The summed E-state index contributed by atoms with van der Waals surface area (Å²) >= 11 is 3.08. The van der Waals surface area contributed by atoms with Crippen LogP contribution in [-0.4, -0.2) is 4.98 Å². The molecule has 0 aliphatic carbocycles. The molecule has 0 unspecified atom stereocenters. The number of nitrogens with zero attached hydrogens (tertiary/aromatic N) is 1. The fourth-order valence-corrected chi connectivity index (χ4v) is 1.96. The number of oxazole rings is 1. The summed E-state index contributed by atoms with van der Waals surface area (Å²) in [5.74, 6) is -0.570. The van der Waals surface area contributed by atoms with Gasteiger partial charge < -0.3 is 4.42 Å². The SMILES string of the molecule is Fc1ccc(-c2nc3ccc(Br)c(F)c3o2)cc1. The summed E-state index contributed by atoms with van der Waals surface area (Å²) in [6.45, 7) is 0. The number of fused-ring (bicyclic) bond motifs is 1. The van der Waals surface area contributed by atoms with Crippen molar-refractivity contribution in [2.45, 2.75) is 0 Å². The first kappa shape index (κ1) is 11.3. The molecule has 0 saturated carbocycles. The van der Waals surface area contributed by atoms with E-state index in [0.29, 0.717) is 15.6 Å². The lowest BCUT2D eigenvalue weighted by molar-refractivity contribution is 0.560. The predicted molar refractivity (Wildman–Crippen MR) is 67.1 cm³/mol. The average molecular weight is 310 g/mol. The second-order valence-corrected chi connectivity index (χ2v) is 4.59. The Morgan fingerprint density at radius 2 is 1.72 bits per heavy atom. The fourth-order valence-electron chi connectivity index (χ4n) is 1.65. The number of aromatic nitrogens is 1. The maximum atomic E-state index is 13.8. The molecule has 0 aliphatic heterocycles. The Kier molecular flexibility index (Phi) is 2.63. The van der Waals surface area contributed by atoms with Gasteiger partial charge >= 0.3 is 0 Å². The van der Waals surface area contributed by atoms with Crippen molar-refractivity contribution in [2.75, 3.05) is 0 Å². The summed E-state index contributed by atoms with van der Waals surface area (Å²) < 4.78 is 32.2. The minimum absolute atomic E-state index is 0.0868. The van der Waals surface area contributed by atoms with Crippen LogP contribution in [0.15, 0.2) is 45.3 Å². The monoisotopic (exact) mass is 309 g/mol. The topological polar surface area (TPSA) is 26.0 Å². The van der Waals surface area contributed by atoms with Crippen LogP contribution in [0.4, 0.5) is 8.78 Å². The highest BCUT2D eigenvalue weighted by molar-refractivity contribution is 9.10. The van der Waals surface area contributed by atoms with E-state index in [-0.39, 0.29) is 17.3 Å². The summed E-state index contributed by atoms with van der Waals surface area (Å²) in [4.78, 5) is 4.16. The fraction of sp³-hybridized carbons (Fsp3) is 0. The molecule has 1 aromatic heterocycles. The van der Waals surface area contributed by atoms with Gasteiger partial charge in [-0.25, -0.2) is 13.8 Å². The van der Waals surface area contributed by atoms with Crippen LogP contribution in [-0.2, 0) is 0 Å². The van der Waals surface area contributed by atoms with Gasteiger partial charge in [0.05, 0.1) is 4.47 Å². The van der Waals surface area contributed by atoms with E-state index in [1.807, 2.05) is 0 Å². The molecule has 0 saturated heterocycles. The largest absolute Gasteiger partial charge is 0.433 e. The molecule has 3 rings (SSSR count). The van der Waals surface area contributed by atoms with Crippen LogP contribution >= 0.6 is 15.9 Å². The Balaban J connectivity index is 2.19. The summed E-state index contributed by atoms with van der Waals surface area (Å²) in [6.07, 6.45) is 0. The first-order valence-corrected chi connectivity index (χ1v) is 5.95. The molecule has 0 bridgehead atoms. The smallest absolute Gasteiger partial charge is 0.227 e. The molecule has 0 aliphatic rings. The zero-order chi connectivity index (χ0) is 12.7. The van der Waals surface area contributed by atoms with Gasteiger partial charge in [-0.15, -0.1) is 0 Å². The molecule has 90 valence electrons. The summed E-state index contributed by atoms with van der Waals surface area (Å²) in [6, 6.07) is 8.89. The lowest BCUT2D eigenvalue weighted by atomic mass is 10.2. The lowest BCUT2D eigenvalue weighted by Gasteiger charge is -1.94. The molecule has 0 radical (unpaired) electrons. The van der Waals surface area contributed by atoms with E-state index < -0.39 is 5.82 Å². The van der Waals surface area contributed by atoms with E-state index >= 15 is 0 Å². The van der Waals surface area contributed by atoms with Gasteiger partial charge in [-0.1, -0.05) is 0 Å². The first-order chi connectivity index (χ1) is 8.65. The van der Waals surface area contributed by atoms with Gasteiger partial charge in [-0.2, -0.15) is 0 Å². The maximum absolute atomic E-state index is 13.8. The number of halogens is 3. The molecule has 1 heterocycles. The van der Waals surface area contributed by atoms with Gasteiger partial charge in [0.15, 0.2) is 11.4 Å². The molecule has 5 heteroatoms. The third-order valence-electron chi connectivity index (χ3n) is 2.54. The Labute approximate surface area is 109 Å². The molecule has 0 fully saturated rings. The zero-order valence-corrected chi connectivity index (χ0v) is 10.5. The van der Waals surface area contributed by atoms with Crippen LogP contribution in [0.2, 0.25) is 0 Å². The van der Waals surface area contributed by atoms with Crippen molar-refractivity contribution in [2.24, 2.45) is 0 Å². The van der Waals surface area contributed by atoms with E-state index in [1.165, 1.54) is 24.3 Å². The average Bonchev–Trinajstić information content (AvgIpc) is 2.80. The van der Waals surface area contributed by atoms with Gasteiger partial charge in [-0.05, 0) is 52.3 Å². The number of benzene rings is 2. The van der Waals surface area contributed by atoms with Crippen LogP contribution < -0.4 is 0 Å². The van der Waals surface area contributed by atoms with Crippen LogP contribution in [0.3, 0.4) is 0 Å². The highest BCUT2D eigenvalue weighted by atomic mass is 79.9. The van der Waals surface area contributed by atoms with Gasteiger partial charge in [0.2, 0.25) is 5.89 Å². The van der Waals surface area contributed by atoms with E-state index in [0.717, 1.165) is 0 Å². The van der Waals surface area contributed by atoms with Crippen LogP contribution in [0, 0.1) is 11.6 Å². The number of hydrogen-bond acceptors (Lipinski definition) is 2. The molecule has 0 spiro atoms. The van der Waals surface area contributed by atoms with Gasteiger partial charge in [0.1, 0.15) is 11.3 Å². The quantitative estimate of drug-likeness (QED) is 0.660. The van der Waals surface area contributed by atoms with E-state index in [1.54, 1.807) is 12.1 Å². The molecular weight excluding hydrogens is 304 g/mol. The molecule has 0 N–H and O–H groups in total. The molecule has 0 atom stereocenters. The zero-order valence-electron chi connectivity index (χ0n) is 8.95. The molecule has 2 nitrogen and oxygen atoms in total. The van der Waals surface area contributed by atoms with Gasteiger partial charge in [0, 0.05) is 5.56 Å². The van der Waals surface area contributed by atoms with E-state index in [4.69, 9.17) is 4.42 Å². The summed E-state index contributed by atoms with van der Waals surface area (Å²) in [7, 11) is 0. The lowest BCUT2D eigenvalue weighted by Crippen LogP contribution is -1.78. The third kappa shape index (κ3) is 1.80. The second kappa shape index (κ2) is 4.17. The Hall–Kier alpha value is -1.75. The van der Waals surface area contributed by atoms with E-state index in [9.17, 15) is 8.78 Å². The van der Waals surface area contributed by atoms with Crippen molar-refractivity contribution in [1.82, 2.24) is 4.98 Å². The molecule has 0 amide bonds. The van der Waals surface area contributed by atoms with Crippen molar-refractivity contribution in [3.63, 3.8) is 0 Å². The first-order valence-electron chi connectivity index (χ1n) is 5.15. The number of hydrogen-bond donors (Lipinski definition) is 0. The van der Waals surface area contributed by atoms with Crippen molar-refractivity contribution >= 4 is 27.0 Å². The molecule has 3 aromatic rings. The van der Waals surface area contributed by atoms with Gasteiger partial charge in [0.25, 0.3) is 0 Å². The minimum Gasteiger partial charge on any atom is -0.433 e. The Morgan fingerprint density at radius 1 is 1.00 bits per heavy atom. The predicted octanol–water partition coefficient (Wildman–Crippen LogP) is 4.54. The Morgan fingerprint density at radius 3 is 2.44 bits per heavy atom. The molecule has 18 heavy (non-hydrogen) atoms. The van der Waals surface area contributed by atoms with Crippen molar-refractivity contribution in [1.29, 1.82) is 0 Å². The molecule has 2 aromatic carbocycles. The second-order valence-electron chi connectivity index (χ2n) is 3.74. The minimum atomic E-state index is -0.492. The highest BCUT2D eigenvalue weighted by Crippen LogP contribution is 2.29. The highest BCUT2D eigenvalue weighted by Gasteiger charge is 2.13. The third-order valence-corrected chi connectivity index (χ3v) is 3.15. The van der Waals surface area contributed by atoms with Crippen LogP contribution in [0.5, 0.6) is 0 Å². The maximum Gasteiger partial charge on any atom is 0.227 e. The molecular formula is C13H6BrF2NO. The van der Waals surface area contributed by atoms with Crippen molar-refractivity contribution in [3.05, 3.63) is 52.5 Å². The number of rotatable bonds is 1. The summed E-state index contributed by atoms with van der Waals surface area (Å²) in [5.41, 5.74) is 1.11. The summed E-state index contributed by atoms with van der Waals surface area (Å²) in [5, 5.41) is 0. The normalized spacial score (nSPS) is 11.1. The van der Waals surface area contributed by atoms with Crippen molar-refractivity contribution in [3.8, 4) is 11.5 Å². The Bertz CT molecular complexity index is 722. The van der Waals surface area contributed by atoms with Crippen LogP contribution in [0.1, 0.15) is 0 Å². The standard InChI is InChI=1S/C13H6BrF2NO/c14-9-5-6-10-12(11(9)16)18-13(17-10)7-1-3-8(15)4-2-7/h1-6H. The van der Waals surface area contributed by atoms with Gasteiger partial charge in [-0.3, -0.25) is 0 Å².